The molecular formula is C14H10BrClN2. The number of halogens is 2. The number of pyridine rings is 1. The van der Waals surface area contributed by atoms with E-state index in [2.05, 4.69) is 38.3 Å². The predicted octanol–water partition coefficient (Wildman–Crippen LogP) is 4.73. The Morgan fingerprint density at radius 3 is 2.83 bits per heavy atom. The van der Waals surface area contributed by atoms with Gasteiger partial charge < -0.3 is 0 Å². The lowest BCUT2D eigenvalue weighted by molar-refractivity contribution is 1.15. The Kier molecular flexibility index (Phi) is 2.88. The lowest BCUT2D eigenvalue weighted by Gasteiger charge is -2.03. The van der Waals surface area contributed by atoms with Gasteiger partial charge in [-0.05, 0) is 46.6 Å². The molecule has 3 aromatic rings. The molecule has 0 fully saturated rings. The van der Waals surface area contributed by atoms with Crippen molar-refractivity contribution in [2.75, 3.05) is 0 Å². The predicted molar refractivity (Wildman–Crippen MR) is 78.1 cm³/mol. The third kappa shape index (κ3) is 1.84. The van der Waals surface area contributed by atoms with E-state index >= 15 is 0 Å². The molecule has 4 heteroatoms. The third-order valence-corrected chi connectivity index (χ3v) is 3.69. The van der Waals surface area contributed by atoms with Crippen molar-refractivity contribution < 1.29 is 0 Å². The molecule has 0 aliphatic rings. The Morgan fingerprint density at radius 2 is 2.06 bits per heavy atom. The first-order valence-electron chi connectivity index (χ1n) is 5.56. The number of fused-ring (bicyclic) bond motifs is 1. The zero-order valence-corrected chi connectivity index (χ0v) is 12.0. The van der Waals surface area contributed by atoms with E-state index in [1.165, 1.54) is 5.56 Å². The summed E-state index contributed by atoms with van der Waals surface area (Å²) in [7, 11) is 0. The number of hydrogen-bond donors (Lipinski definition) is 0. The van der Waals surface area contributed by atoms with Gasteiger partial charge in [-0.3, -0.25) is 4.40 Å². The second-order valence-corrected chi connectivity index (χ2v) is 5.33. The molecule has 0 N–H and O–H groups in total. The molecule has 0 saturated carbocycles. The molecule has 2 nitrogen and oxygen atoms in total. The molecule has 0 bridgehead atoms. The lowest BCUT2D eigenvalue weighted by atomic mass is 10.2. The van der Waals surface area contributed by atoms with Crippen LogP contribution in [0.1, 0.15) is 5.56 Å². The zero-order chi connectivity index (χ0) is 12.7. The van der Waals surface area contributed by atoms with Gasteiger partial charge in [-0.2, -0.15) is 0 Å². The minimum atomic E-state index is 0.716. The van der Waals surface area contributed by atoms with Crippen LogP contribution in [0.4, 0.5) is 0 Å². The van der Waals surface area contributed by atoms with E-state index in [-0.39, 0.29) is 0 Å². The summed E-state index contributed by atoms with van der Waals surface area (Å²) in [6, 6.07) is 11.8. The highest BCUT2D eigenvalue weighted by Crippen LogP contribution is 2.29. The normalized spacial score (nSPS) is 11.1. The SMILES string of the molecule is Cc1cccn2c(-c3cccc(Cl)c3)nc(Br)c12. The molecule has 0 aliphatic carbocycles. The van der Waals surface area contributed by atoms with E-state index in [0.717, 1.165) is 21.5 Å². The number of nitrogens with zero attached hydrogens (tertiary/aromatic N) is 2. The van der Waals surface area contributed by atoms with Crippen molar-refractivity contribution in [2.45, 2.75) is 6.92 Å². The Bertz CT molecular complexity index is 734. The van der Waals surface area contributed by atoms with Crippen LogP contribution in [0.2, 0.25) is 5.02 Å². The maximum Gasteiger partial charge on any atom is 0.145 e. The lowest BCUT2D eigenvalue weighted by Crippen LogP contribution is -1.90. The van der Waals surface area contributed by atoms with E-state index in [1.54, 1.807) is 0 Å². The van der Waals surface area contributed by atoms with Crippen molar-refractivity contribution in [3.05, 3.63) is 57.8 Å². The number of rotatable bonds is 1. The summed E-state index contributed by atoms with van der Waals surface area (Å²) in [6.45, 7) is 2.07. The van der Waals surface area contributed by atoms with Gasteiger partial charge in [0.1, 0.15) is 10.4 Å². The van der Waals surface area contributed by atoms with Crippen LogP contribution in [0, 0.1) is 6.92 Å². The number of aryl methyl sites for hydroxylation is 1. The second-order valence-electron chi connectivity index (χ2n) is 4.15. The number of imidazole rings is 1. The van der Waals surface area contributed by atoms with Crippen LogP contribution in [-0.4, -0.2) is 9.38 Å². The first kappa shape index (κ1) is 11.8. The summed E-state index contributed by atoms with van der Waals surface area (Å²) in [5.41, 5.74) is 3.28. The fourth-order valence-electron chi connectivity index (χ4n) is 2.09. The van der Waals surface area contributed by atoms with Crippen molar-refractivity contribution in [1.82, 2.24) is 9.38 Å². The van der Waals surface area contributed by atoms with Crippen LogP contribution in [0.5, 0.6) is 0 Å². The molecule has 0 unspecified atom stereocenters. The minimum Gasteiger partial charge on any atom is -0.298 e. The summed E-state index contributed by atoms with van der Waals surface area (Å²) in [4.78, 5) is 4.58. The Labute approximate surface area is 118 Å². The maximum atomic E-state index is 6.04. The van der Waals surface area contributed by atoms with E-state index in [4.69, 9.17) is 11.6 Å². The molecule has 2 aromatic heterocycles. The van der Waals surface area contributed by atoms with Crippen LogP contribution in [0.25, 0.3) is 16.9 Å². The van der Waals surface area contributed by atoms with E-state index in [0.29, 0.717) is 5.02 Å². The molecule has 0 atom stereocenters. The summed E-state index contributed by atoms with van der Waals surface area (Å²) >= 11 is 9.55. The van der Waals surface area contributed by atoms with Crippen LogP contribution in [-0.2, 0) is 0 Å². The van der Waals surface area contributed by atoms with Gasteiger partial charge in [-0.15, -0.1) is 0 Å². The van der Waals surface area contributed by atoms with Gasteiger partial charge in [0, 0.05) is 16.8 Å². The van der Waals surface area contributed by atoms with Gasteiger partial charge in [-0.1, -0.05) is 29.8 Å². The van der Waals surface area contributed by atoms with E-state index < -0.39 is 0 Å². The van der Waals surface area contributed by atoms with Gasteiger partial charge in [-0.25, -0.2) is 4.98 Å². The van der Waals surface area contributed by atoms with E-state index in [1.807, 2.05) is 36.5 Å². The zero-order valence-electron chi connectivity index (χ0n) is 9.69. The molecule has 0 amide bonds. The van der Waals surface area contributed by atoms with Crippen LogP contribution >= 0.6 is 27.5 Å². The summed E-state index contributed by atoms with van der Waals surface area (Å²) < 4.78 is 2.93. The molecule has 1 aromatic carbocycles. The van der Waals surface area contributed by atoms with Gasteiger partial charge in [0.2, 0.25) is 0 Å². The quantitative estimate of drug-likeness (QED) is 0.633. The fourth-order valence-corrected chi connectivity index (χ4v) is 2.95. The highest BCUT2D eigenvalue weighted by molar-refractivity contribution is 9.10. The van der Waals surface area contributed by atoms with Crippen LogP contribution < -0.4 is 0 Å². The molecule has 0 radical (unpaired) electrons. The Balaban J connectivity index is 2.34. The van der Waals surface area contributed by atoms with Gasteiger partial charge in [0.05, 0.1) is 5.52 Å². The number of hydrogen-bond acceptors (Lipinski definition) is 1. The highest BCUT2D eigenvalue weighted by atomic mass is 79.9. The number of aromatic nitrogens is 2. The smallest absolute Gasteiger partial charge is 0.145 e. The van der Waals surface area contributed by atoms with Gasteiger partial charge >= 0.3 is 0 Å². The van der Waals surface area contributed by atoms with Crippen LogP contribution in [0.15, 0.2) is 47.2 Å². The summed E-state index contributed by atoms with van der Waals surface area (Å²) in [5.74, 6) is 0.892. The van der Waals surface area contributed by atoms with E-state index in [9.17, 15) is 0 Å². The highest BCUT2D eigenvalue weighted by Gasteiger charge is 2.12. The fraction of sp³-hybridized carbons (Fsp3) is 0.0714. The molecule has 0 spiro atoms. The van der Waals surface area contributed by atoms with Crippen molar-refractivity contribution >= 4 is 33.0 Å². The van der Waals surface area contributed by atoms with Gasteiger partial charge in [0.15, 0.2) is 0 Å². The van der Waals surface area contributed by atoms with Crippen molar-refractivity contribution in [1.29, 1.82) is 0 Å². The Morgan fingerprint density at radius 1 is 1.22 bits per heavy atom. The van der Waals surface area contributed by atoms with Gasteiger partial charge in [0.25, 0.3) is 0 Å². The molecule has 2 heterocycles. The monoisotopic (exact) mass is 320 g/mol. The molecule has 3 rings (SSSR count). The van der Waals surface area contributed by atoms with Crippen molar-refractivity contribution in [3.8, 4) is 11.4 Å². The van der Waals surface area contributed by atoms with Crippen molar-refractivity contribution in [3.63, 3.8) is 0 Å². The number of benzene rings is 1. The topological polar surface area (TPSA) is 17.3 Å². The first-order valence-corrected chi connectivity index (χ1v) is 6.73. The van der Waals surface area contributed by atoms with Crippen molar-refractivity contribution in [2.24, 2.45) is 0 Å². The molecule has 18 heavy (non-hydrogen) atoms. The molecule has 90 valence electrons. The Hall–Kier alpha value is -1.32. The summed E-state index contributed by atoms with van der Waals surface area (Å²) in [5, 5.41) is 0.716. The molecular weight excluding hydrogens is 312 g/mol. The third-order valence-electron chi connectivity index (χ3n) is 2.91. The second kappa shape index (κ2) is 4.41. The molecule has 0 saturated heterocycles. The summed E-state index contributed by atoms with van der Waals surface area (Å²) in [6.07, 6.45) is 2.01. The maximum absolute atomic E-state index is 6.04. The average Bonchev–Trinajstić information content (AvgIpc) is 2.68. The molecule has 0 aliphatic heterocycles. The first-order chi connectivity index (χ1) is 8.66. The van der Waals surface area contributed by atoms with Crippen LogP contribution in [0.3, 0.4) is 0 Å². The minimum absolute atomic E-state index is 0.716. The largest absolute Gasteiger partial charge is 0.298 e. The average molecular weight is 322 g/mol. The standard InChI is InChI=1S/C14H10BrClN2/c1-9-4-3-7-18-12(9)13(15)17-14(18)10-5-2-6-11(16)8-10/h2-8H,1H3.